The maximum absolute atomic E-state index is 10.5. The third-order valence-corrected chi connectivity index (χ3v) is 4.11. The van der Waals surface area contributed by atoms with Gasteiger partial charge in [0.05, 0.1) is 17.2 Å². The van der Waals surface area contributed by atoms with Gasteiger partial charge in [0.25, 0.3) is 0 Å². The predicted octanol–water partition coefficient (Wildman–Crippen LogP) is 4.70. The zero-order chi connectivity index (χ0) is 14.9. The van der Waals surface area contributed by atoms with Crippen molar-refractivity contribution in [2.45, 2.75) is 20.0 Å². The summed E-state index contributed by atoms with van der Waals surface area (Å²) >= 11 is 12.2. The van der Waals surface area contributed by atoms with Crippen LogP contribution in [0.25, 0.3) is 0 Å². The Morgan fingerprint density at radius 1 is 1.10 bits per heavy atom. The molecule has 0 amide bonds. The largest absolute Gasteiger partial charge is 0.496 e. The van der Waals surface area contributed by atoms with Crippen LogP contribution in [0.2, 0.25) is 10.0 Å². The number of aliphatic hydroxyl groups excluding tert-OH is 1. The topological polar surface area (TPSA) is 29.5 Å². The van der Waals surface area contributed by atoms with Gasteiger partial charge in [-0.15, -0.1) is 0 Å². The number of aliphatic hydroxyl groups is 1. The molecule has 0 spiro atoms. The molecule has 0 radical (unpaired) electrons. The summed E-state index contributed by atoms with van der Waals surface area (Å²) in [5.74, 6) is 0.832. The van der Waals surface area contributed by atoms with E-state index in [-0.39, 0.29) is 0 Å². The number of hydrogen-bond acceptors (Lipinski definition) is 2. The third-order valence-electron chi connectivity index (χ3n) is 3.28. The molecule has 106 valence electrons. The highest BCUT2D eigenvalue weighted by Gasteiger charge is 2.17. The second-order valence-electron chi connectivity index (χ2n) is 4.73. The van der Waals surface area contributed by atoms with Gasteiger partial charge in [-0.1, -0.05) is 35.3 Å². The zero-order valence-electron chi connectivity index (χ0n) is 11.6. The molecule has 20 heavy (non-hydrogen) atoms. The van der Waals surface area contributed by atoms with E-state index in [1.807, 2.05) is 26.0 Å². The number of rotatable bonds is 3. The first-order chi connectivity index (χ1) is 9.45. The van der Waals surface area contributed by atoms with Crippen molar-refractivity contribution in [1.82, 2.24) is 0 Å². The van der Waals surface area contributed by atoms with Crippen LogP contribution in [0.3, 0.4) is 0 Å². The Kier molecular flexibility index (Phi) is 4.59. The van der Waals surface area contributed by atoms with Crippen molar-refractivity contribution in [1.29, 1.82) is 0 Å². The molecular weight excluding hydrogens is 295 g/mol. The summed E-state index contributed by atoms with van der Waals surface area (Å²) in [6, 6.07) is 9.04. The lowest BCUT2D eigenvalue weighted by Crippen LogP contribution is -2.03. The molecule has 0 bridgehead atoms. The lowest BCUT2D eigenvalue weighted by Gasteiger charge is -2.17. The number of halogens is 2. The van der Waals surface area contributed by atoms with Crippen LogP contribution >= 0.6 is 23.2 Å². The number of hydrogen-bond donors (Lipinski definition) is 1. The zero-order valence-corrected chi connectivity index (χ0v) is 13.1. The second-order valence-corrected chi connectivity index (χ2v) is 5.52. The third kappa shape index (κ3) is 2.78. The van der Waals surface area contributed by atoms with Crippen molar-refractivity contribution in [3.8, 4) is 5.75 Å². The molecule has 2 rings (SSSR count). The first kappa shape index (κ1) is 15.2. The van der Waals surface area contributed by atoms with Crippen molar-refractivity contribution in [2.24, 2.45) is 0 Å². The van der Waals surface area contributed by atoms with Gasteiger partial charge in [-0.2, -0.15) is 0 Å². The summed E-state index contributed by atoms with van der Waals surface area (Å²) in [7, 11) is 1.64. The normalized spacial score (nSPS) is 12.3. The van der Waals surface area contributed by atoms with Gasteiger partial charge in [0, 0.05) is 5.56 Å². The van der Waals surface area contributed by atoms with Crippen molar-refractivity contribution < 1.29 is 9.84 Å². The maximum Gasteiger partial charge on any atom is 0.124 e. The smallest absolute Gasteiger partial charge is 0.124 e. The lowest BCUT2D eigenvalue weighted by molar-refractivity contribution is 0.220. The summed E-state index contributed by atoms with van der Waals surface area (Å²) < 4.78 is 5.33. The fourth-order valence-corrected chi connectivity index (χ4v) is 2.79. The van der Waals surface area contributed by atoms with E-state index in [1.165, 1.54) is 0 Å². The lowest BCUT2D eigenvalue weighted by atomic mass is 9.97. The molecule has 2 nitrogen and oxygen atoms in total. The van der Waals surface area contributed by atoms with E-state index in [1.54, 1.807) is 25.3 Å². The van der Waals surface area contributed by atoms with Gasteiger partial charge in [0.1, 0.15) is 11.9 Å². The van der Waals surface area contributed by atoms with E-state index in [9.17, 15) is 5.11 Å². The van der Waals surface area contributed by atoms with Crippen molar-refractivity contribution >= 4 is 23.2 Å². The van der Waals surface area contributed by atoms with Crippen LogP contribution in [-0.4, -0.2) is 12.2 Å². The second kappa shape index (κ2) is 6.04. The van der Waals surface area contributed by atoms with Crippen LogP contribution in [-0.2, 0) is 0 Å². The van der Waals surface area contributed by atoms with Gasteiger partial charge in [0.15, 0.2) is 0 Å². The molecule has 0 saturated carbocycles. The highest BCUT2D eigenvalue weighted by atomic mass is 35.5. The molecule has 1 unspecified atom stereocenters. The first-order valence-electron chi connectivity index (χ1n) is 6.22. The van der Waals surface area contributed by atoms with Crippen LogP contribution < -0.4 is 4.74 Å². The maximum atomic E-state index is 10.5. The van der Waals surface area contributed by atoms with Crippen molar-refractivity contribution in [3.63, 3.8) is 0 Å². The minimum Gasteiger partial charge on any atom is -0.496 e. The van der Waals surface area contributed by atoms with Crippen LogP contribution in [0, 0.1) is 13.8 Å². The number of methoxy groups -OCH3 is 1. The Hall–Kier alpha value is -1.22. The average molecular weight is 311 g/mol. The van der Waals surface area contributed by atoms with Crippen LogP contribution in [0.4, 0.5) is 0 Å². The van der Waals surface area contributed by atoms with Gasteiger partial charge in [-0.05, 0) is 48.7 Å². The molecule has 0 aliphatic heterocycles. The van der Waals surface area contributed by atoms with Crippen molar-refractivity contribution in [2.75, 3.05) is 7.11 Å². The van der Waals surface area contributed by atoms with E-state index >= 15 is 0 Å². The fourth-order valence-electron chi connectivity index (χ4n) is 2.37. The number of aryl methyl sites for hydroxylation is 2. The van der Waals surface area contributed by atoms with E-state index < -0.39 is 6.10 Å². The van der Waals surface area contributed by atoms with E-state index in [4.69, 9.17) is 27.9 Å². The Morgan fingerprint density at radius 2 is 1.70 bits per heavy atom. The SMILES string of the molecule is COc1c(C)cc(C(O)c2cccc(Cl)c2Cl)cc1C. The first-order valence-corrected chi connectivity index (χ1v) is 6.98. The number of benzene rings is 2. The van der Waals surface area contributed by atoms with Gasteiger partial charge in [0.2, 0.25) is 0 Å². The summed E-state index contributed by atoms with van der Waals surface area (Å²) in [4.78, 5) is 0. The minimum atomic E-state index is -0.815. The minimum absolute atomic E-state index is 0.382. The average Bonchev–Trinajstić information content (AvgIpc) is 2.41. The molecule has 4 heteroatoms. The quantitative estimate of drug-likeness (QED) is 0.890. The Balaban J connectivity index is 2.49. The Labute approximate surface area is 128 Å². The molecule has 0 saturated heterocycles. The molecule has 0 aromatic heterocycles. The van der Waals surface area contributed by atoms with Gasteiger partial charge >= 0.3 is 0 Å². The highest BCUT2D eigenvalue weighted by Crippen LogP contribution is 2.35. The molecule has 0 aliphatic carbocycles. The summed E-state index contributed by atoms with van der Waals surface area (Å²) in [6.45, 7) is 3.89. The summed E-state index contributed by atoms with van der Waals surface area (Å²) in [5, 5.41) is 11.3. The Morgan fingerprint density at radius 3 is 2.25 bits per heavy atom. The molecular formula is C16H16Cl2O2. The monoisotopic (exact) mass is 310 g/mol. The van der Waals surface area contributed by atoms with E-state index in [2.05, 4.69) is 0 Å². The highest BCUT2D eigenvalue weighted by molar-refractivity contribution is 6.42. The van der Waals surface area contributed by atoms with Crippen LogP contribution in [0.1, 0.15) is 28.4 Å². The standard InChI is InChI=1S/C16H16Cl2O2/c1-9-7-11(8-10(2)16(9)20-3)15(19)12-5-4-6-13(17)14(12)18/h4-8,15,19H,1-3H3. The molecule has 0 heterocycles. The molecule has 1 N–H and O–H groups in total. The molecule has 1 atom stereocenters. The summed E-state index contributed by atoms with van der Waals surface area (Å²) in [5.41, 5.74) is 3.31. The summed E-state index contributed by atoms with van der Waals surface area (Å²) in [6.07, 6.45) is -0.815. The van der Waals surface area contributed by atoms with Gasteiger partial charge in [-0.25, -0.2) is 0 Å². The Bertz CT molecular complexity index is 615. The van der Waals surface area contributed by atoms with Crippen molar-refractivity contribution in [3.05, 3.63) is 62.6 Å². The van der Waals surface area contributed by atoms with E-state index in [0.717, 1.165) is 22.4 Å². The van der Waals surface area contributed by atoms with Gasteiger partial charge < -0.3 is 9.84 Å². The molecule has 0 fully saturated rings. The predicted molar refractivity (Wildman–Crippen MR) is 83.0 cm³/mol. The van der Waals surface area contributed by atoms with Gasteiger partial charge in [-0.3, -0.25) is 0 Å². The fraction of sp³-hybridized carbons (Fsp3) is 0.250. The van der Waals surface area contributed by atoms with Crippen LogP contribution in [0.5, 0.6) is 5.75 Å². The molecule has 0 aliphatic rings. The van der Waals surface area contributed by atoms with E-state index in [0.29, 0.717) is 15.6 Å². The molecule has 2 aromatic rings. The molecule has 2 aromatic carbocycles. The van der Waals surface area contributed by atoms with Crippen LogP contribution in [0.15, 0.2) is 30.3 Å². The number of ether oxygens (including phenoxy) is 1.